The molecule has 0 saturated carbocycles. The zero-order valence-corrected chi connectivity index (χ0v) is 23.3. The molecule has 0 aliphatic heterocycles. The van der Waals surface area contributed by atoms with Gasteiger partial charge in [0.25, 0.3) is 5.91 Å². The van der Waals surface area contributed by atoms with Gasteiger partial charge in [-0.3, -0.25) is 9.59 Å². The summed E-state index contributed by atoms with van der Waals surface area (Å²) in [5.41, 5.74) is 1.50. The zero-order chi connectivity index (χ0) is 27.8. The summed E-state index contributed by atoms with van der Waals surface area (Å²) in [6, 6.07) is 9.15. The first-order chi connectivity index (χ1) is 18.3. The minimum atomic E-state index is -1.02. The normalized spacial score (nSPS) is 11.8. The quantitative estimate of drug-likeness (QED) is 0.226. The van der Waals surface area contributed by atoms with E-state index >= 15 is 0 Å². The van der Waals surface area contributed by atoms with Gasteiger partial charge in [-0.15, -0.1) is 0 Å². The second-order valence-corrected chi connectivity index (χ2v) is 10.1. The highest BCUT2D eigenvalue weighted by Crippen LogP contribution is 2.15. The first-order valence-electron chi connectivity index (χ1n) is 14.1. The van der Waals surface area contributed by atoms with Crippen molar-refractivity contribution in [3.63, 3.8) is 0 Å². The third kappa shape index (κ3) is 11.5. The fourth-order valence-electron chi connectivity index (χ4n) is 4.40. The number of aliphatic carboxylic acids is 1. The number of carboxylic acid groups (broad SMARTS) is 1. The Kier molecular flexibility index (Phi) is 14.2. The van der Waals surface area contributed by atoms with Crippen molar-refractivity contribution in [2.45, 2.75) is 103 Å². The van der Waals surface area contributed by atoms with Crippen molar-refractivity contribution in [2.75, 3.05) is 13.6 Å². The van der Waals surface area contributed by atoms with E-state index in [4.69, 9.17) is 4.42 Å². The number of carbonyl (C=O) groups excluding carboxylic acids is 2. The number of nitrogens with zero attached hydrogens (tertiary/aromatic N) is 2. The summed E-state index contributed by atoms with van der Waals surface area (Å²) >= 11 is 0. The smallest absolute Gasteiger partial charge is 0.326 e. The highest BCUT2D eigenvalue weighted by molar-refractivity contribution is 5.93. The second-order valence-electron chi connectivity index (χ2n) is 10.1. The predicted molar refractivity (Wildman–Crippen MR) is 148 cm³/mol. The molecular weight excluding hydrogens is 482 g/mol. The van der Waals surface area contributed by atoms with Gasteiger partial charge in [-0.05, 0) is 44.6 Å². The van der Waals surface area contributed by atoms with Crippen LogP contribution in [0.3, 0.4) is 0 Å². The highest BCUT2D eigenvalue weighted by Gasteiger charge is 2.22. The number of benzene rings is 1. The predicted octanol–water partition coefficient (Wildman–Crippen LogP) is 5.72. The first-order valence-corrected chi connectivity index (χ1v) is 14.1. The Balaban J connectivity index is 1.69. The number of carbonyl (C=O) groups is 3. The molecule has 0 fully saturated rings. The second kappa shape index (κ2) is 17.4. The summed E-state index contributed by atoms with van der Waals surface area (Å²) in [5, 5.41) is 12.2. The molecule has 1 atom stereocenters. The van der Waals surface area contributed by atoms with Crippen LogP contribution in [0, 0.1) is 6.92 Å². The molecule has 1 heterocycles. The Morgan fingerprint density at radius 3 is 2.34 bits per heavy atom. The maximum absolute atomic E-state index is 12.9. The van der Waals surface area contributed by atoms with Crippen LogP contribution in [0.2, 0.25) is 0 Å². The van der Waals surface area contributed by atoms with Gasteiger partial charge in [-0.1, -0.05) is 75.8 Å². The maximum atomic E-state index is 12.9. The molecule has 38 heavy (non-hydrogen) atoms. The van der Waals surface area contributed by atoms with E-state index in [-0.39, 0.29) is 11.8 Å². The Morgan fingerprint density at radius 1 is 0.974 bits per heavy atom. The molecule has 0 aliphatic rings. The summed E-state index contributed by atoms with van der Waals surface area (Å²) in [7, 11) is 1.71. The van der Waals surface area contributed by atoms with Crippen LogP contribution in [-0.4, -0.2) is 52.4 Å². The minimum absolute atomic E-state index is 0.206. The Hall–Kier alpha value is -3.16. The Bertz CT molecular complexity index is 989. The first kappa shape index (κ1) is 31.1. The molecule has 8 heteroatoms. The zero-order valence-electron chi connectivity index (χ0n) is 23.3. The van der Waals surface area contributed by atoms with Gasteiger partial charge in [-0.2, -0.15) is 0 Å². The SMILES string of the molecule is CCCCCCCCCC(=O)NC(CCCCN(C)C(=O)c1nc(CCc2ccccc2)oc1C)C(=O)O. The number of aryl methyl sites for hydroxylation is 3. The van der Waals surface area contributed by atoms with Crippen LogP contribution in [0.5, 0.6) is 0 Å². The molecule has 2 N–H and O–H groups in total. The van der Waals surface area contributed by atoms with Gasteiger partial charge in [0.2, 0.25) is 5.91 Å². The summed E-state index contributed by atoms with van der Waals surface area (Å²) in [6.45, 7) is 4.39. The molecule has 8 nitrogen and oxygen atoms in total. The van der Waals surface area contributed by atoms with Gasteiger partial charge < -0.3 is 19.7 Å². The van der Waals surface area contributed by atoms with E-state index in [1.54, 1.807) is 18.9 Å². The van der Waals surface area contributed by atoms with E-state index in [9.17, 15) is 19.5 Å². The fourth-order valence-corrected chi connectivity index (χ4v) is 4.40. The number of amides is 2. The van der Waals surface area contributed by atoms with Crippen LogP contribution in [-0.2, 0) is 22.4 Å². The van der Waals surface area contributed by atoms with Crippen molar-refractivity contribution in [3.05, 3.63) is 53.2 Å². The Morgan fingerprint density at radius 2 is 1.66 bits per heavy atom. The molecule has 0 aliphatic carbocycles. The van der Waals surface area contributed by atoms with Gasteiger partial charge >= 0.3 is 5.97 Å². The van der Waals surface area contributed by atoms with Crippen LogP contribution in [0.15, 0.2) is 34.7 Å². The van der Waals surface area contributed by atoms with Crippen molar-refractivity contribution in [1.82, 2.24) is 15.2 Å². The van der Waals surface area contributed by atoms with E-state index in [1.807, 2.05) is 30.3 Å². The number of nitrogens with one attached hydrogen (secondary N) is 1. The van der Waals surface area contributed by atoms with Crippen LogP contribution >= 0.6 is 0 Å². The van der Waals surface area contributed by atoms with E-state index in [2.05, 4.69) is 17.2 Å². The van der Waals surface area contributed by atoms with E-state index in [0.717, 1.165) is 25.7 Å². The number of oxazole rings is 1. The molecule has 1 aromatic heterocycles. The standard InChI is InChI=1S/C30H45N3O5/c1-4-5-6-7-8-9-13-19-26(34)31-25(30(36)37)18-14-15-22-33(3)29(35)28-23(2)38-27(32-28)21-20-24-16-11-10-12-17-24/h10-12,16-17,25H,4-9,13-15,18-22H2,1-3H3,(H,31,34)(H,36,37). The number of aromatic nitrogens is 1. The van der Waals surface area contributed by atoms with Crippen LogP contribution < -0.4 is 5.32 Å². The highest BCUT2D eigenvalue weighted by atomic mass is 16.4. The monoisotopic (exact) mass is 527 g/mol. The molecule has 0 radical (unpaired) electrons. The molecule has 2 aromatic rings. The number of carboxylic acids is 1. The van der Waals surface area contributed by atoms with Crippen molar-refractivity contribution in [1.29, 1.82) is 0 Å². The van der Waals surface area contributed by atoms with E-state index in [0.29, 0.717) is 56.0 Å². The van der Waals surface area contributed by atoms with Gasteiger partial charge in [0, 0.05) is 26.4 Å². The molecule has 0 saturated heterocycles. The number of hydrogen-bond donors (Lipinski definition) is 2. The third-order valence-electron chi connectivity index (χ3n) is 6.74. The van der Waals surface area contributed by atoms with E-state index in [1.165, 1.54) is 31.2 Å². The topological polar surface area (TPSA) is 113 Å². The van der Waals surface area contributed by atoms with Crippen molar-refractivity contribution in [2.24, 2.45) is 0 Å². The van der Waals surface area contributed by atoms with Crippen LogP contribution in [0.25, 0.3) is 0 Å². The minimum Gasteiger partial charge on any atom is -0.480 e. The lowest BCUT2D eigenvalue weighted by Gasteiger charge is -2.18. The summed E-state index contributed by atoms with van der Waals surface area (Å²) in [6.07, 6.45) is 11.1. The molecule has 1 aromatic carbocycles. The maximum Gasteiger partial charge on any atom is 0.326 e. The van der Waals surface area contributed by atoms with E-state index < -0.39 is 12.0 Å². The van der Waals surface area contributed by atoms with Gasteiger partial charge in [0.15, 0.2) is 11.6 Å². The molecule has 2 rings (SSSR count). The summed E-state index contributed by atoms with van der Waals surface area (Å²) < 4.78 is 5.72. The average molecular weight is 528 g/mol. The van der Waals surface area contributed by atoms with Crippen LogP contribution in [0.4, 0.5) is 0 Å². The average Bonchev–Trinajstić information content (AvgIpc) is 3.28. The lowest BCUT2D eigenvalue weighted by molar-refractivity contribution is -0.142. The number of unbranched alkanes of at least 4 members (excludes halogenated alkanes) is 7. The van der Waals surface area contributed by atoms with Crippen molar-refractivity contribution >= 4 is 17.8 Å². The molecule has 0 spiro atoms. The Labute approximate surface area is 227 Å². The van der Waals surface area contributed by atoms with Crippen molar-refractivity contribution in [3.8, 4) is 0 Å². The lowest BCUT2D eigenvalue weighted by Crippen LogP contribution is -2.40. The molecule has 210 valence electrons. The van der Waals surface area contributed by atoms with Gasteiger partial charge in [-0.25, -0.2) is 9.78 Å². The van der Waals surface area contributed by atoms with Crippen LogP contribution in [0.1, 0.15) is 105 Å². The molecule has 2 amide bonds. The molecule has 0 bridgehead atoms. The van der Waals surface area contributed by atoms with Gasteiger partial charge in [0.05, 0.1) is 0 Å². The largest absolute Gasteiger partial charge is 0.480 e. The fraction of sp³-hybridized carbons (Fsp3) is 0.600. The number of rotatable bonds is 19. The third-order valence-corrected chi connectivity index (χ3v) is 6.74. The van der Waals surface area contributed by atoms with Crippen molar-refractivity contribution < 1.29 is 23.9 Å². The number of hydrogen-bond acceptors (Lipinski definition) is 5. The molecule has 1 unspecified atom stereocenters. The molecular formula is C30H45N3O5. The summed E-state index contributed by atoms with van der Waals surface area (Å²) in [5.74, 6) is -0.402. The lowest BCUT2D eigenvalue weighted by atomic mass is 10.1. The van der Waals surface area contributed by atoms with Gasteiger partial charge in [0.1, 0.15) is 11.8 Å². The summed E-state index contributed by atoms with van der Waals surface area (Å²) in [4.78, 5) is 42.7.